The Kier molecular flexibility index (Phi) is 3.71. The summed E-state index contributed by atoms with van der Waals surface area (Å²) < 4.78 is 8.58. The summed E-state index contributed by atoms with van der Waals surface area (Å²) in [5.41, 5.74) is 0.817. The van der Waals surface area contributed by atoms with Crippen molar-refractivity contribution in [1.29, 1.82) is 0 Å². The van der Waals surface area contributed by atoms with E-state index in [1.54, 1.807) is 12.1 Å². The molecule has 0 N–H and O–H groups in total. The predicted octanol–water partition coefficient (Wildman–Crippen LogP) is 5.34. The highest BCUT2D eigenvalue weighted by Gasteiger charge is 2.15. The summed E-state index contributed by atoms with van der Waals surface area (Å²) in [6.07, 6.45) is 1.92. The minimum atomic E-state index is 0.321. The third-order valence-electron chi connectivity index (χ3n) is 2.55. The maximum atomic E-state index is 6.13. The molecule has 3 nitrogen and oxygen atoms in total. The summed E-state index contributed by atoms with van der Waals surface area (Å²) in [4.78, 5) is 5.25. The van der Waals surface area contributed by atoms with Gasteiger partial charge in [0.1, 0.15) is 11.4 Å². The molecule has 0 aliphatic carbocycles. The zero-order valence-corrected chi connectivity index (χ0v) is 13.4. The fourth-order valence-corrected chi connectivity index (χ4v) is 3.36. The van der Waals surface area contributed by atoms with Crippen LogP contribution in [0.25, 0.3) is 4.96 Å². The molecule has 0 unspecified atom stereocenters. The molecule has 0 fully saturated rings. The first-order valence-corrected chi connectivity index (χ1v) is 7.91. The van der Waals surface area contributed by atoms with Crippen molar-refractivity contribution in [2.24, 2.45) is 0 Å². The number of thiazole rings is 1. The number of hydrogen-bond acceptors (Lipinski definition) is 3. The van der Waals surface area contributed by atoms with Crippen molar-refractivity contribution >= 4 is 55.4 Å². The van der Waals surface area contributed by atoms with Gasteiger partial charge >= 0.3 is 0 Å². The van der Waals surface area contributed by atoms with Crippen LogP contribution < -0.4 is 4.74 Å². The monoisotopic (exact) mass is 376 g/mol. The van der Waals surface area contributed by atoms with E-state index >= 15 is 0 Å². The number of imidazole rings is 1. The maximum Gasteiger partial charge on any atom is 0.243 e. The van der Waals surface area contributed by atoms with Gasteiger partial charge in [0.2, 0.25) is 5.88 Å². The molecule has 0 amide bonds. The second-order valence-corrected chi connectivity index (χ2v) is 6.19. The first-order valence-electron chi connectivity index (χ1n) is 5.32. The number of ether oxygens (including phenoxy) is 1. The Morgan fingerprint density at radius 2 is 2.26 bits per heavy atom. The fraction of sp³-hybridized carbons (Fsp3) is 0.0833. The van der Waals surface area contributed by atoms with E-state index in [0.717, 1.165) is 15.1 Å². The average Bonchev–Trinajstić information content (AvgIpc) is 2.92. The Hall–Kier alpha value is -0.750. The van der Waals surface area contributed by atoms with Crippen molar-refractivity contribution in [1.82, 2.24) is 9.38 Å². The quantitative estimate of drug-likeness (QED) is 0.575. The van der Waals surface area contributed by atoms with Crippen LogP contribution in [0, 0.1) is 0 Å². The van der Waals surface area contributed by atoms with Crippen LogP contribution >= 0.6 is 50.5 Å². The molecule has 3 aromatic rings. The van der Waals surface area contributed by atoms with Gasteiger partial charge in [0.05, 0.1) is 10.9 Å². The number of halogens is 3. The molecule has 0 radical (unpaired) electrons. The van der Waals surface area contributed by atoms with Gasteiger partial charge in [-0.1, -0.05) is 27.5 Å². The van der Waals surface area contributed by atoms with E-state index < -0.39 is 0 Å². The normalized spacial score (nSPS) is 11.1. The summed E-state index contributed by atoms with van der Waals surface area (Å²) in [5.74, 6) is 1.37. The Balaban J connectivity index is 2.02. The smallest absolute Gasteiger partial charge is 0.243 e. The van der Waals surface area contributed by atoms with Crippen LogP contribution in [0.3, 0.4) is 0 Å². The number of rotatable bonds is 3. The van der Waals surface area contributed by atoms with Crippen molar-refractivity contribution in [2.75, 3.05) is 0 Å². The van der Waals surface area contributed by atoms with Gasteiger partial charge in [-0.25, -0.2) is 0 Å². The molecular formula is C12H7BrCl2N2OS. The average molecular weight is 378 g/mol. The molecule has 2 aromatic heterocycles. The number of nitrogens with zero attached hydrogens (tertiary/aromatic N) is 2. The van der Waals surface area contributed by atoms with Crippen molar-refractivity contribution < 1.29 is 4.74 Å². The molecule has 1 aromatic carbocycles. The van der Waals surface area contributed by atoms with Crippen LogP contribution in [-0.4, -0.2) is 9.38 Å². The number of aromatic nitrogens is 2. The highest BCUT2D eigenvalue weighted by molar-refractivity contribution is 9.10. The molecule has 0 saturated heterocycles. The third kappa shape index (κ3) is 2.48. The van der Waals surface area contributed by atoms with Crippen LogP contribution in [0.1, 0.15) is 5.69 Å². The summed E-state index contributed by atoms with van der Waals surface area (Å²) in [7, 11) is 0. The maximum absolute atomic E-state index is 6.13. The van der Waals surface area contributed by atoms with Gasteiger partial charge in [-0.2, -0.15) is 4.98 Å². The zero-order chi connectivity index (χ0) is 13.4. The first kappa shape index (κ1) is 13.2. The lowest BCUT2D eigenvalue weighted by molar-refractivity contribution is 0.461. The summed E-state index contributed by atoms with van der Waals surface area (Å²) in [5, 5.41) is 2.47. The molecule has 0 saturated carbocycles. The Morgan fingerprint density at radius 1 is 1.42 bits per heavy atom. The lowest BCUT2D eigenvalue weighted by Gasteiger charge is -2.06. The van der Waals surface area contributed by atoms with E-state index in [4.69, 9.17) is 27.9 Å². The molecule has 98 valence electrons. The van der Waals surface area contributed by atoms with Gasteiger partial charge in [0.25, 0.3) is 0 Å². The lowest BCUT2D eigenvalue weighted by atomic mass is 10.3. The van der Waals surface area contributed by atoms with Gasteiger partial charge in [0, 0.05) is 16.0 Å². The molecule has 0 aliphatic heterocycles. The molecule has 0 atom stereocenters. The van der Waals surface area contributed by atoms with Crippen molar-refractivity contribution in [3.8, 4) is 11.6 Å². The van der Waals surface area contributed by atoms with E-state index in [1.807, 2.05) is 22.0 Å². The van der Waals surface area contributed by atoms with Crippen molar-refractivity contribution in [3.63, 3.8) is 0 Å². The van der Waals surface area contributed by atoms with Gasteiger partial charge in [-0.05, 0) is 18.2 Å². The van der Waals surface area contributed by atoms with E-state index in [9.17, 15) is 0 Å². The van der Waals surface area contributed by atoms with Gasteiger partial charge in [-0.15, -0.1) is 22.9 Å². The molecular weight excluding hydrogens is 371 g/mol. The van der Waals surface area contributed by atoms with Gasteiger partial charge in [-0.3, -0.25) is 4.40 Å². The Labute approximate surface area is 131 Å². The molecule has 19 heavy (non-hydrogen) atoms. The molecule has 2 heterocycles. The van der Waals surface area contributed by atoms with Crippen LogP contribution in [0.15, 0.2) is 34.2 Å². The van der Waals surface area contributed by atoms with Gasteiger partial charge in [0.15, 0.2) is 4.96 Å². The number of hydrogen-bond donors (Lipinski definition) is 0. The van der Waals surface area contributed by atoms with E-state index in [1.165, 1.54) is 11.3 Å². The van der Waals surface area contributed by atoms with Crippen molar-refractivity contribution in [2.45, 2.75) is 5.88 Å². The standard InChI is InChI=1S/C12H7BrCl2N2OS/c13-7-1-2-10(8(15)5-7)18-11-9(6-14)17-3-4-19-12(17)16-11/h1-5H,6H2. The first-order chi connectivity index (χ1) is 9.19. The number of alkyl halides is 1. The fourth-order valence-electron chi connectivity index (χ4n) is 1.68. The van der Waals surface area contributed by atoms with Crippen LogP contribution in [0.5, 0.6) is 11.6 Å². The molecule has 3 rings (SSSR count). The lowest BCUT2D eigenvalue weighted by Crippen LogP contribution is -1.91. The molecule has 7 heteroatoms. The topological polar surface area (TPSA) is 26.5 Å². The van der Waals surface area contributed by atoms with Crippen LogP contribution in [-0.2, 0) is 5.88 Å². The minimum Gasteiger partial charge on any atom is -0.436 e. The van der Waals surface area contributed by atoms with E-state index in [-0.39, 0.29) is 0 Å². The number of fused-ring (bicyclic) bond motifs is 1. The highest BCUT2D eigenvalue weighted by atomic mass is 79.9. The second kappa shape index (κ2) is 5.32. The summed E-state index contributed by atoms with van der Waals surface area (Å²) in [6.45, 7) is 0. The van der Waals surface area contributed by atoms with Crippen LogP contribution in [0.2, 0.25) is 5.02 Å². The largest absolute Gasteiger partial charge is 0.436 e. The Bertz CT molecular complexity index is 740. The minimum absolute atomic E-state index is 0.321. The molecule has 0 aliphatic rings. The van der Waals surface area contributed by atoms with Crippen LogP contribution in [0.4, 0.5) is 0 Å². The summed E-state index contributed by atoms with van der Waals surface area (Å²) >= 11 is 17.0. The predicted molar refractivity (Wildman–Crippen MR) is 81.9 cm³/mol. The zero-order valence-electron chi connectivity index (χ0n) is 9.44. The third-order valence-corrected chi connectivity index (χ3v) is 4.35. The van der Waals surface area contributed by atoms with E-state index in [2.05, 4.69) is 20.9 Å². The molecule has 0 bridgehead atoms. The SMILES string of the molecule is ClCc1c(Oc2ccc(Br)cc2Cl)nc2sccn12. The Morgan fingerprint density at radius 3 is 3.00 bits per heavy atom. The van der Waals surface area contributed by atoms with Gasteiger partial charge < -0.3 is 4.74 Å². The number of benzene rings is 1. The second-order valence-electron chi connectivity index (χ2n) is 3.73. The highest BCUT2D eigenvalue weighted by Crippen LogP contribution is 2.34. The van der Waals surface area contributed by atoms with Crippen molar-refractivity contribution in [3.05, 3.63) is 45.0 Å². The molecule has 0 spiro atoms. The summed E-state index contributed by atoms with van der Waals surface area (Å²) in [6, 6.07) is 5.42. The van der Waals surface area contributed by atoms with E-state index in [0.29, 0.717) is 22.5 Å².